The molecule has 2 amide bonds. The summed E-state index contributed by atoms with van der Waals surface area (Å²) >= 11 is 0. The van der Waals surface area contributed by atoms with Gasteiger partial charge in [0.2, 0.25) is 11.8 Å². The van der Waals surface area contributed by atoms with Crippen LogP contribution in [0.2, 0.25) is 0 Å². The van der Waals surface area contributed by atoms with Gasteiger partial charge in [0.1, 0.15) is 0 Å². The molecule has 4 heteroatoms. The van der Waals surface area contributed by atoms with Gasteiger partial charge in [-0.3, -0.25) is 9.59 Å². The van der Waals surface area contributed by atoms with Crippen molar-refractivity contribution < 1.29 is 9.59 Å². The zero-order chi connectivity index (χ0) is 24.4. The average Bonchev–Trinajstić information content (AvgIpc) is 2.82. The highest BCUT2D eigenvalue weighted by atomic mass is 16.2. The summed E-state index contributed by atoms with van der Waals surface area (Å²) in [5.74, 6) is 0.531. The molecule has 0 saturated heterocycles. The third-order valence-corrected chi connectivity index (χ3v) is 6.73. The van der Waals surface area contributed by atoms with Crippen molar-refractivity contribution in [3.8, 4) is 0 Å². The Morgan fingerprint density at radius 1 is 0.545 bits per heavy atom. The van der Waals surface area contributed by atoms with Crippen molar-refractivity contribution >= 4 is 11.8 Å². The van der Waals surface area contributed by atoms with Crippen LogP contribution in [-0.2, 0) is 9.59 Å². The maximum absolute atomic E-state index is 12.0. The van der Waals surface area contributed by atoms with Crippen LogP contribution in [-0.4, -0.2) is 24.9 Å². The molecule has 0 rings (SSSR count). The Kier molecular flexibility index (Phi) is 24.7. The van der Waals surface area contributed by atoms with Crippen molar-refractivity contribution in [2.75, 3.05) is 13.1 Å². The van der Waals surface area contributed by atoms with Crippen LogP contribution in [0.5, 0.6) is 0 Å². The summed E-state index contributed by atoms with van der Waals surface area (Å²) in [5.41, 5.74) is 0. The van der Waals surface area contributed by atoms with Crippen molar-refractivity contribution in [3.63, 3.8) is 0 Å². The zero-order valence-electron chi connectivity index (χ0n) is 22.7. The Labute approximate surface area is 206 Å². The van der Waals surface area contributed by atoms with Gasteiger partial charge in [0, 0.05) is 25.4 Å². The minimum atomic E-state index is 0.157. The Bertz CT molecular complexity index is 439. The molecular formula is C29H58N2O2. The monoisotopic (exact) mass is 466 g/mol. The molecule has 0 fully saturated rings. The van der Waals surface area contributed by atoms with E-state index in [0.29, 0.717) is 13.0 Å². The molecule has 0 saturated carbocycles. The van der Waals surface area contributed by atoms with Crippen molar-refractivity contribution in [1.29, 1.82) is 0 Å². The largest absolute Gasteiger partial charge is 0.356 e. The fourth-order valence-electron chi connectivity index (χ4n) is 4.45. The molecule has 0 aromatic carbocycles. The Morgan fingerprint density at radius 2 is 1.00 bits per heavy atom. The number of hydrogen-bond donors (Lipinski definition) is 2. The van der Waals surface area contributed by atoms with Crippen LogP contribution in [0, 0.1) is 5.92 Å². The lowest BCUT2D eigenvalue weighted by molar-refractivity contribution is -0.125. The number of carbonyl (C=O) groups excluding carboxylic acids is 2. The van der Waals surface area contributed by atoms with Crippen LogP contribution in [0.3, 0.4) is 0 Å². The molecule has 0 aromatic heterocycles. The first kappa shape index (κ1) is 31.9. The Hall–Kier alpha value is -1.06. The lowest BCUT2D eigenvalue weighted by Gasteiger charge is -2.13. The third kappa shape index (κ3) is 22.5. The van der Waals surface area contributed by atoms with Crippen molar-refractivity contribution in [2.24, 2.45) is 5.92 Å². The van der Waals surface area contributed by atoms with Gasteiger partial charge in [-0.25, -0.2) is 0 Å². The van der Waals surface area contributed by atoms with Crippen molar-refractivity contribution in [2.45, 2.75) is 156 Å². The number of rotatable bonds is 25. The third-order valence-electron chi connectivity index (χ3n) is 6.73. The zero-order valence-corrected chi connectivity index (χ0v) is 22.7. The SMILES string of the molecule is CCCCCCCCCCCCCCCCCC(=O)NCCCCNC(=O)C(CC)CCC. The molecule has 0 spiro atoms. The van der Waals surface area contributed by atoms with Gasteiger partial charge in [0.25, 0.3) is 0 Å². The summed E-state index contributed by atoms with van der Waals surface area (Å²) in [7, 11) is 0. The number of hydrogen-bond acceptors (Lipinski definition) is 2. The van der Waals surface area contributed by atoms with E-state index in [0.717, 1.165) is 45.1 Å². The van der Waals surface area contributed by atoms with Gasteiger partial charge in [0.05, 0.1) is 0 Å². The topological polar surface area (TPSA) is 58.2 Å². The van der Waals surface area contributed by atoms with Gasteiger partial charge in [-0.15, -0.1) is 0 Å². The van der Waals surface area contributed by atoms with Crippen LogP contribution in [0.15, 0.2) is 0 Å². The molecule has 0 radical (unpaired) electrons. The van der Waals surface area contributed by atoms with Crippen LogP contribution >= 0.6 is 0 Å². The minimum Gasteiger partial charge on any atom is -0.356 e. The maximum Gasteiger partial charge on any atom is 0.223 e. The van der Waals surface area contributed by atoms with E-state index in [1.807, 2.05) is 0 Å². The lowest BCUT2D eigenvalue weighted by atomic mass is 10.00. The number of unbranched alkanes of at least 4 members (excludes halogenated alkanes) is 15. The van der Waals surface area contributed by atoms with E-state index in [4.69, 9.17) is 0 Å². The standard InChI is InChI=1S/C29H58N2O2/c1-4-7-8-9-10-11-12-13-14-15-16-17-18-19-20-24-28(32)30-25-21-22-26-31-29(33)27(6-3)23-5-2/h27H,4-26H2,1-3H3,(H,30,32)(H,31,33). The fraction of sp³-hybridized carbons (Fsp3) is 0.931. The normalized spacial score (nSPS) is 12.0. The van der Waals surface area contributed by atoms with E-state index < -0.39 is 0 Å². The molecule has 0 heterocycles. The van der Waals surface area contributed by atoms with Crippen LogP contribution in [0.1, 0.15) is 156 Å². The second-order valence-corrected chi connectivity index (χ2v) is 9.94. The van der Waals surface area contributed by atoms with Crippen LogP contribution in [0.25, 0.3) is 0 Å². The summed E-state index contributed by atoms with van der Waals surface area (Å²) in [6.07, 6.45) is 25.7. The average molecular weight is 467 g/mol. The van der Waals surface area contributed by atoms with Gasteiger partial charge >= 0.3 is 0 Å². The van der Waals surface area contributed by atoms with Gasteiger partial charge < -0.3 is 10.6 Å². The first-order chi connectivity index (χ1) is 16.2. The second kappa shape index (κ2) is 25.6. The van der Waals surface area contributed by atoms with Gasteiger partial charge in [-0.05, 0) is 32.1 Å². The van der Waals surface area contributed by atoms with Gasteiger partial charge in [0.15, 0.2) is 0 Å². The number of amides is 2. The van der Waals surface area contributed by atoms with E-state index in [1.54, 1.807) is 0 Å². The van der Waals surface area contributed by atoms with E-state index in [-0.39, 0.29) is 17.7 Å². The highest BCUT2D eigenvalue weighted by Crippen LogP contribution is 2.14. The number of nitrogens with one attached hydrogen (secondary N) is 2. The van der Waals surface area contributed by atoms with Gasteiger partial charge in [-0.1, -0.05) is 117 Å². The molecule has 2 N–H and O–H groups in total. The first-order valence-corrected chi connectivity index (χ1v) is 14.7. The summed E-state index contributed by atoms with van der Waals surface area (Å²) in [6, 6.07) is 0. The molecule has 0 aliphatic carbocycles. The lowest BCUT2D eigenvalue weighted by Crippen LogP contribution is -2.31. The predicted molar refractivity (Wildman–Crippen MR) is 143 cm³/mol. The first-order valence-electron chi connectivity index (χ1n) is 14.7. The fourth-order valence-corrected chi connectivity index (χ4v) is 4.45. The predicted octanol–water partition coefficient (Wildman–Crippen LogP) is 8.09. The molecule has 0 aliphatic rings. The molecule has 196 valence electrons. The molecule has 0 aliphatic heterocycles. The Balaban J connectivity index is 3.31. The minimum absolute atomic E-state index is 0.157. The Morgan fingerprint density at radius 3 is 1.45 bits per heavy atom. The van der Waals surface area contributed by atoms with Crippen molar-refractivity contribution in [1.82, 2.24) is 10.6 Å². The van der Waals surface area contributed by atoms with E-state index in [9.17, 15) is 9.59 Å². The molecule has 0 aromatic rings. The van der Waals surface area contributed by atoms with Gasteiger partial charge in [-0.2, -0.15) is 0 Å². The van der Waals surface area contributed by atoms with E-state index in [1.165, 1.54) is 89.9 Å². The van der Waals surface area contributed by atoms with E-state index in [2.05, 4.69) is 31.4 Å². The number of carbonyl (C=O) groups is 2. The highest BCUT2D eigenvalue weighted by molar-refractivity contribution is 5.78. The molecular weight excluding hydrogens is 408 g/mol. The van der Waals surface area contributed by atoms with Crippen LogP contribution in [0.4, 0.5) is 0 Å². The summed E-state index contributed by atoms with van der Waals surface area (Å²) < 4.78 is 0. The molecule has 4 nitrogen and oxygen atoms in total. The van der Waals surface area contributed by atoms with Crippen molar-refractivity contribution in [3.05, 3.63) is 0 Å². The molecule has 33 heavy (non-hydrogen) atoms. The summed E-state index contributed by atoms with van der Waals surface area (Å²) in [5, 5.41) is 6.06. The maximum atomic E-state index is 12.0. The smallest absolute Gasteiger partial charge is 0.223 e. The molecule has 1 atom stereocenters. The second-order valence-electron chi connectivity index (χ2n) is 9.94. The molecule has 0 bridgehead atoms. The quantitative estimate of drug-likeness (QED) is 0.134. The highest BCUT2D eigenvalue weighted by Gasteiger charge is 2.14. The summed E-state index contributed by atoms with van der Waals surface area (Å²) in [6.45, 7) is 7.92. The van der Waals surface area contributed by atoms with Crippen LogP contribution < -0.4 is 10.6 Å². The van der Waals surface area contributed by atoms with E-state index >= 15 is 0 Å². The summed E-state index contributed by atoms with van der Waals surface area (Å²) in [4.78, 5) is 24.0. The molecule has 1 unspecified atom stereocenters.